The number of carbonyl (C=O) groups excluding carboxylic acids is 1. The van der Waals surface area contributed by atoms with E-state index in [4.69, 9.17) is 4.74 Å². The number of nitrogens with one attached hydrogen (secondary N) is 1. The molecule has 114 valence electrons. The van der Waals surface area contributed by atoms with Crippen molar-refractivity contribution >= 4 is 23.4 Å². The van der Waals surface area contributed by atoms with Gasteiger partial charge in [0.05, 0.1) is 17.9 Å². The summed E-state index contributed by atoms with van der Waals surface area (Å²) >= 11 is 1.17. The fourth-order valence-electron chi connectivity index (χ4n) is 2.39. The van der Waals surface area contributed by atoms with E-state index in [9.17, 15) is 14.7 Å². The highest BCUT2D eigenvalue weighted by Crippen LogP contribution is 2.28. The predicted octanol–water partition coefficient (Wildman–Crippen LogP) is 1.94. The number of hydrogen-bond acceptors (Lipinski definition) is 5. The molecule has 2 aromatic rings. The number of amides is 1. The molecule has 1 aromatic heterocycles. The van der Waals surface area contributed by atoms with Gasteiger partial charge in [-0.1, -0.05) is 6.07 Å². The number of rotatable bonds is 4. The number of aliphatic carboxylic acids is 1. The van der Waals surface area contributed by atoms with Crippen LogP contribution in [0.15, 0.2) is 23.6 Å². The SMILES string of the molecule is Cc1nscc1C(=O)N[C@@H](C(=O)O)c1ccc2c(c1)CCO2. The molecular weight excluding hydrogens is 304 g/mol. The van der Waals surface area contributed by atoms with Crippen LogP contribution < -0.4 is 10.1 Å². The van der Waals surface area contributed by atoms with E-state index in [2.05, 4.69) is 9.69 Å². The molecule has 1 aromatic carbocycles. The minimum Gasteiger partial charge on any atom is -0.493 e. The first-order valence-electron chi connectivity index (χ1n) is 6.76. The fraction of sp³-hybridized carbons (Fsp3) is 0.267. The second-order valence-corrected chi connectivity index (χ2v) is 5.65. The zero-order valence-electron chi connectivity index (χ0n) is 11.8. The maximum Gasteiger partial charge on any atom is 0.330 e. The van der Waals surface area contributed by atoms with Crippen molar-refractivity contribution in [1.82, 2.24) is 9.69 Å². The van der Waals surface area contributed by atoms with E-state index in [1.54, 1.807) is 30.5 Å². The van der Waals surface area contributed by atoms with E-state index >= 15 is 0 Å². The molecule has 6 nitrogen and oxygen atoms in total. The summed E-state index contributed by atoms with van der Waals surface area (Å²) in [7, 11) is 0. The fourth-order valence-corrected chi connectivity index (χ4v) is 3.09. The van der Waals surface area contributed by atoms with Gasteiger partial charge in [0.2, 0.25) is 0 Å². The number of carbonyl (C=O) groups is 2. The highest BCUT2D eigenvalue weighted by Gasteiger charge is 2.25. The number of aryl methyl sites for hydroxylation is 1. The third kappa shape index (κ3) is 2.67. The molecule has 7 heteroatoms. The number of carboxylic acids is 1. The quantitative estimate of drug-likeness (QED) is 0.899. The van der Waals surface area contributed by atoms with Gasteiger partial charge < -0.3 is 15.2 Å². The van der Waals surface area contributed by atoms with E-state index in [0.717, 1.165) is 17.7 Å². The molecule has 3 rings (SSSR count). The molecule has 0 unspecified atom stereocenters. The van der Waals surface area contributed by atoms with Crippen molar-refractivity contribution in [3.05, 3.63) is 46.0 Å². The van der Waals surface area contributed by atoms with Gasteiger partial charge in [0.15, 0.2) is 6.04 Å². The van der Waals surface area contributed by atoms with E-state index in [-0.39, 0.29) is 0 Å². The summed E-state index contributed by atoms with van der Waals surface area (Å²) in [6.07, 6.45) is 0.747. The Labute approximate surface area is 130 Å². The van der Waals surface area contributed by atoms with Crippen LogP contribution in [0, 0.1) is 6.92 Å². The largest absolute Gasteiger partial charge is 0.493 e. The van der Waals surface area contributed by atoms with Gasteiger partial charge in [-0.2, -0.15) is 4.37 Å². The number of nitrogens with zero attached hydrogens (tertiary/aromatic N) is 1. The van der Waals surface area contributed by atoms with Gasteiger partial charge in [0.1, 0.15) is 5.75 Å². The molecule has 0 saturated heterocycles. The number of carboxylic acid groups (broad SMARTS) is 1. The molecule has 1 amide bonds. The molecular formula is C15H14N2O4S. The third-order valence-corrected chi connectivity index (χ3v) is 4.28. The number of benzene rings is 1. The van der Waals surface area contributed by atoms with Crippen LogP contribution >= 0.6 is 11.5 Å². The molecule has 0 fully saturated rings. The van der Waals surface area contributed by atoms with E-state index in [0.29, 0.717) is 23.4 Å². The van der Waals surface area contributed by atoms with Gasteiger partial charge in [0, 0.05) is 11.8 Å². The van der Waals surface area contributed by atoms with Crippen molar-refractivity contribution in [3.63, 3.8) is 0 Å². The van der Waals surface area contributed by atoms with Crippen molar-refractivity contribution in [3.8, 4) is 5.75 Å². The van der Waals surface area contributed by atoms with Crippen LogP contribution in [0.2, 0.25) is 0 Å². The van der Waals surface area contributed by atoms with Crippen LogP contribution in [0.3, 0.4) is 0 Å². The minimum atomic E-state index is -1.10. The van der Waals surface area contributed by atoms with E-state index in [1.807, 2.05) is 0 Å². The van der Waals surface area contributed by atoms with Crippen molar-refractivity contribution in [2.45, 2.75) is 19.4 Å². The number of fused-ring (bicyclic) bond motifs is 1. The molecule has 0 spiro atoms. The monoisotopic (exact) mass is 318 g/mol. The highest BCUT2D eigenvalue weighted by atomic mass is 32.1. The Morgan fingerprint density at radius 2 is 2.27 bits per heavy atom. The molecule has 2 N–H and O–H groups in total. The zero-order chi connectivity index (χ0) is 15.7. The van der Waals surface area contributed by atoms with Crippen LogP contribution in [0.4, 0.5) is 0 Å². The van der Waals surface area contributed by atoms with Crippen LogP contribution in [0.1, 0.15) is 33.2 Å². The van der Waals surface area contributed by atoms with E-state index < -0.39 is 17.9 Å². The van der Waals surface area contributed by atoms with Crippen LogP contribution in [0.25, 0.3) is 0 Å². The lowest BCUT2D eigenvalue weighted by atomic mass is 10.0. The zero-order valence-corrected chi connectivity index (χ0v) is 12.6. The first kappa shape index (κ1) is 14.5. The minimum absolute atomic E-state index is 0.403. The second-order valence-electron chi connectivity index (χ2n) is 5.02. The average molecular weight is 318 g/mol. The van der Waals surface area contributed by atoms with Gasteiger partial charge in [-0.25, -0.2) is 4.79 Å². The van der Waals surface area contributed by atoms with Gasteiger partial charge in [0.25, 0.3) is 5.91 Å². The molecule has 22 heavy (non-hydrogen) atoms. The second kappa shape index (κ2) is 5.76. The maximum atomic E-state index is 12.2. The summed E-state index contributed by atoms with van der Waals surface area (Å²) in [6, 6.07) is 4.09. The van der Waals surface area contributed by atoms with Gasteiger partial charge >= 0.3 is 5.97 Å². The summed E-state index contributed by atoms with van der Waals surface area (Å²) in [5.74, 6) is -0.763. The number of ether oxygens (including phenoxy) is 1. The Morgan fingerprint density at radius 3 is 2.95 bits per heavy atom. The summed E-state index contributed by atoms with van der Waals surface area (Å²) < 4.78 is 9.43. The van der Waals surface area contributed by atoms with Crippen molar-refractivity contribution in [1.29, 1.82) is 0 Å². The molecule has 1 aliphatic rings. The average Bonchev–Trinajstić information content (AvgIpc) is 3.11. The maximum absolute atomic E-state index is 12.2. The summed E-state index contributed by atoms with van der Waals surface area (Å²) in [5, 5.41) is 13.6. The Kier molecular flexibility index (Phi) is 3.81. The molecule has 0 aliphatic carbocycles. The Balaban J connectivity index is 1.86. The Bertz CT molecular complexity index is 741. The number of aromatic nitrogens is 1. The molecule has 2 heterocycles. The number of hydrogen-bond donors (Lipinski definition) is 2. The predicted molar refractivity (Wildman–Crippen MR) is 80.3 cm³/mol. The Morgan fingerprint density at radius 1 is 1.45 bits per heavy atom. The van der Waals surface area contributed by atoms with Crippen LogP contribution in [-0.4, -0.2) is 28.0 Å². The van der Waals surface area contributed by atoms with Gasteiger partial charge in [-0.05, 0) is 41.7 Å². The lowest BCUT2D eigenvalue weighted by Gasteiger charge is -2.15. The van der Waals surface area contributed by atoms with E-state index in [1.165, 1.54) is 11.5 Å². The highest BCUT2D eigenvalue weighted by molar-refractivity contribution is 7.03. The third-order valence-electron chi connectivity index (χ3n) is 3.56. The van der Waals surface area contributed by atoms with Crippen molar-refractivity contribution < 1.29 is 19.4 Å². The molecule has 0 saturated carbocycles. The summed E-state index contributed by atoms with van der Waals surface area (Å²) in [6.45, 7) is 2.32. The Hall–Kier alpha value is -2.41. The summed E-state index contributed by atoms with van der Waals surface area (Å²) in [5.41, 5.74) is 2.49. The molecule has 1 aliphatic heterocycles. The standard InChI is InChI=1S/C15H14N2O4S/c1-8-11(7-22-17-8)14(18)16-13(15(19)20)10-2-3-12-9(6-10)4-5-21-12/h2-3,6-7,13H,4-5H2,1H3,(H,16,18)(H,19,20)/t13-/m1/s1. The normalized spacial score (nSPS) is 14.0. The molecule has 0 bridgehead atoms. The summed E-state index contributed by atoms with van der Waals surface area (Å²) in [4.78, 5) is 23.7. The molecule has 1 atom stereocenters. The van der Waals surface area contributed by atoms with Gasteiger partial charge in [-0.3, -0.25) is 4.79 Å². The van der Waals surface area contributed by atoms with Crippen LogP contribution in [0.5, 0.6) is 5.75 Å². The first-order chi connectivity index (χ1) is 10.6. The van der Waals surface area contributed by atoms with Gasteiger partial charge in [-0.15, -0.1) is 0 Å². The lowest BCUT2D eigenvalue weighted by Crippen LogP contribution is -2.33. The van der Waals surface area contributed by atoms with Crippen molar-refractivity contribution in [2.24, 2.45) is 0 Å². The van der Waals surface area contributed by atoms with Crippen molar-refractivity contribution in [2.75, 3.05) is 6.61 Å². The lowest BCUT2D eigenvalue weighted by molar-refractivity contribution is -0.139. The first-order valence-corrected chi connectivity index (χ1v) is 7.60. The smallest absolute Gasteiger partial charge is 0.330 e. The van der Waals surface area contributed by atoms with Crippen LogP contribution in [-0.2, 0) is 11.2 Å². The topological polar surface area (TPSA) is 88.5 Å². The molecule has 0 radical (unpaired) electrons.